The molecule has 4 rings (SSSR count). The summed E-state index contributed by atoms with van der Waals surface area (Å²) >= 11 is 0. The van der Waals surface area contributed by atoms with Crippen LogP contribution in [0, 0.1) is 0 Å². The summed E-state index contributed by atoms with van der Waals surface area (Å²) < 4.78 is 0. The molecule has 0 radical (unpaired) electrons. The van der Waals surface area contributed by atoms with Crippen LogP contribution in [0.5, 0.6) is 0 Å². The van der Waals surface area contributed by atoms with Crippen molar-refractivity contribution in [2.24, 2.45) is 0 Å². The van der Waals surface area contributed by atoms with E-state index in [2.05, 4.69) is 38.5 Å². The molecular formula is C22H23N5O. The average molecular weight is 373 g/mol. The second-order valence-corrected chi connectivity index (χ2v) is 6.82. The number of amides is 1. The van der Waals surface area contributed by atoms with E-state index in [-0.39, 0.29) is 12.5 Å². The zero-order valence-electron chi connectivity index (χ0n) is 15.9. The fourth-order valence-electron chi connectivity index (χ4n) is 3.37. The lowest BCUT2D eigenvalue weighted by atomic mass is 10.00. The highest BCUT2D eigenvalue weighted by molar-refractivity contribution is 5.81. The Hall–Kier alpha value is -3.28. The first kappa shape index (κ1) is 18.1. The summed E-state index contributed by atoms with van der Waals surface area (Å²) in [4.78, 5) is 28.0. The van der Waals surface area contributed by atoms with Crippen LogP contribution in [-0.2, 0) is 24.2 Å². The third-order valence-electron chi connectivity index (χ3n) is 4.94. The Labute approximate surface area is 164 Å². The number of nitrogens with zero attached hydrogens (tertiary/aromatic N) is 4. The van der Waals surface area contributed by atoms with Gasteiger partial charge in [-0.2, -0.15) is 0 Å². The van der Waals surface area contributed by atoms with Gasteiger partial charge in [-0.05, 0) is 36.1 Å². The Balaban J connectivity index is 1.45. The number of hydrogen-bond donors (Lipinski definition) is 1. The van der Waals surface area contributed by atoms with Crippen molar-refractivity contribution in [3.8, 4) is 11.5 Å². The predicted molar refractivity (Wildman–Crippen MR) is 109 cm³/mol. The number of benzene rings is 1. The van der Waals surface area contributed by atoms with Gasteiger partial charge in [0.25, 0.3) is 0 Å². The maximum Gasteiger partial charge on any atom is 0.242 e. The van der Waals surface area contributed by atoms with Gasteiger partial charge in [0, 0.05) is 31.0 Å². The molecule has 3 aromatic rings. The quantitative estimate of drug-likeness (QED) is 0.744. The summed E-state index contributed by atoms with van der Waals surface area (Å²) in [6, 6.07) is 15.9. The van der Waals surface area contributed by atoms with E-state index in [1.165, 1.54) is 11.1 Å². The third kappa shape index (κ3) is 4.01. The van der Waals surface area contributed by atoms with E-state index in [1.807, 2.05) is 42.2 Å². The minimum Gasteiger partial charge on any atom is -0.361 e. The van der Waals surface area contributed by atoms with Crippen LogP contribution in [0.15, 0.2) is 54.7 Å². The van der Waals surface area contributed by atoms with Crippen LogP contribution in [0.3, 0.4) is 0 Å². The molecule has 142 valence electrons. The Morgan fingerprint density at radius 1 is 1.11 bits per heavy atom. The topological polar surface area (TPSA) is 71.0 Å². The van der Waals surface area contributed by atoms with Crippen LogP contribution in [-0.4, -0.2) is 38.8 Å². The number of carbonyl (C=O) groups is 1. The molecule has 0 spiro atoms. The fourth-order valence-corrected chi connectivity index (χ4v) is 3.37. The molecule has 0 saturated carbocycles. The van der Waals surface area contributed by atoms with Gasteiger partial charge < -0.3 is 10.2 Å². The first-order valence-corrected chi connectivity index (χ1v) is 9.60. The Morgan fingerprint density at radius 3 is 2.71 bits per heavy atom. The van der Waals surface area contributed by atoms with Crippen molar-refractivity contribution in [3.05, 3.63) is 71.5 Å². The minimum atomic E-state index is 0.0746. The molecule has 1 aliphatic rings. The van der Waals surface area contributed by atoms with Crippen molar-refractivity contribution >= 4 is 11.7 Å². The van der Waals surface area contributed by atoms with Gasteiger partial charge in [-0.15, -0.1) is 0 Å². The van der Waals surface area contributed by atoms with Crippen molar-refractivity contribution < 1.29 is 4.79 Å². The molecule has 1 aromatic carbocycles. The van der Waals surface area contributed by atoms with Crippen LogP contribution < -0.4 is 5.32 Å². The first-order valence-electron chi connectivity index (χ1n) is 9.60. The monoisotopic (exact) mass is 373 g/mol. The summed E-state index contributed by atoms with van der Waals surface area (Å²) in [5.41, 5.74) is 4.20. The molecular weight excluding hydrogens is 350 g/mol. The summed E-state index contributed by atoms with van der Waals surface area (Å²) in [6.07, 6.45) is 3.41. The summed E-state index contributed by atoms with van der Waals surface area (Å²) in [5, 5.41) is 3.18. The van der Waals surface area contributed by atoms with Crippen molar-refractivity contribution in [2.45, 2.75) is 26.3 Å². The van der Waals surface area contributed by atoms with Crippen LogP contribution in [0.4, 0.5) is 5.82 Å². The Kier molecular flexibility index (Phi) is 5.28. The highest BCUT2D eigenvalue weighted by atomic mass is 16.2. The number of fused-ring (bicyclic) bond motifs is 1. The number of carbonyl (C=O) groups excluding carboxylic acids is 1. The highest BCUT2D eigenvalue weighted by Crippen LogP contribution is 2.19. The van der Waals surface area contributed by atoms with E-state index in [0.717, 1.165) is 30.8 Å². The third-order valence-corrected chi connectivity index (χ3v) is 4.94. The van der Waals surface area contributed by atoms with Gasteiger partial charge in [0.2, 0.25) is 5.91 Å². The maximum absolute atomic E-state index is 12.7. The van der Waals surface area contributed by atoms with E-state index in [0.29, 0.717) is 18.2 Å². The lowest BCUT2D eigenvalue weighted by Gasteiger charge is -2.29. The van der Waals surface area contributed by atoms with E-state index in [9.17, 15) is 4.79 Å². The molecule has 0 bridgehead atoms. The Morgan fingerprint density at radius 2 is 1.93 bits per heavy atom. The average Bonchev–Trinajstić information content (AvgIpc) is 2.77. The second kappa shape index (κ2) is 8.17. The second-order valence-electron chi connectivity index (χ2n) is 6.82. The van der Waals surface area contributed by atoms with E-state index < -0.39 is 0 Å². The molecule has 1 aliphatic heterocycles. The molecule has 0 unspecified atom stereocenters. The molecule has 6 nitrogen and oxygen atoms in total. The van der Waals surface area contributed by atoms with Crippen molar-refractivity contribution in [2.75, 3.05) is 18.4 Å². The van der Waals surface area contributed by atoms with Gasteiger partial charge in [0.1, 0.15) is 11.5 Å². The number of hydrogen-bond acceptors (Lipinski definition) is 5. The summed E-state index contributed by atoms with van der Waals surface area (Å²) in [6.45, 7) is 3.68. The Bertz CT molecular complexity index is 974. The maximum atomic E-state index is 12.7. The predicted octanol–water partition coefficient (Wildman–Crippen LogP) is 3.10. The van der Waals surface area contributed by atoms with Crippen molar-refractivity contribution in [1.29, 1.82) is 0 Å². The molecule has 1 amide bonds. The lowest BCUT2D eigenvalue weighted by molar-refractivity contribution is -0.130. The van der Waals surface area contributed by atoms with Crippen LogP contribution >= 0.6 is 0 Å². The molecule has 0 saturated heterocycles. The summed E-state index contributed by atoms with van der Waals surface area (Å²) in [5.74, 6) is 1.30. The molecule has 2 aromatic heterocycles. The molecule has 0 atom stereocenters. The number of anilines is 1. The minimum absolute atomic E-state index is 0.0746. The molecule has 6 heteroatoms. The SMILES string of the molecule is CCc1cc(NCC(=O)N2CCc3ccccc3C2)nc(-c2ccccn2)n1. The van der Waals surface area contributed by atoms with Gasteiger partial charge in [0.15, 0.2) is 5.82 Å². The van der Waals surface area contributed by atoms with E-state index in [4.69, 9.17) is 0 Å². The standard InChI is InChI=1S/C22H23N5O/c1-2-18-13-20(26-22(25-18)19-9-5-6-11-23-19)24-14-21(28)27-12-10-16-7-3-4-8-17(16)15-27/h3-9,11,13H,2,10,12,14-15H2,1H3,(H,24,25,26). The van der Waals surface area contributed by atoms with Gasteiger partial charge in [0.05, 0.1) is 6.54 Å². The van der Waals surface area contributed by atoms with Crippen molar-refractivity contribution in [3.63, 3.8) is 0 Å². The number of rotatable bonds is 5. The fraction of sp³-hybridized carbons (Fsp3) is 0.273. The normalized spacial score (nSPS) is 13.1. The first-order chi connectivity index (χ1) is 13.7. The lowest BCUT2D eigenvalue weighted by Crippen LogP contribution is -2.39. The zero-order chi connectivity index (χ0) is 19.3. The smallest absolute Gasteiger partial charge is 0.242 e. The highest BCUT2D eigenvalue weighted by Gasteiger charge is 2.20. The van der Waals surface area contributed by atoms with E-state index in [1.54, 1.807) is 6.20 Å². The van der Waals surface area contributed by atoms with Gasteiger partial charge >= 0.3 is 0 Å². The molecule has 0 aliphatic carbocycles. The van der Waals surface area contributed by atoms with E-state index >= 15 is 0 Å². The van der Waals surface area contributed by atoms with Gasteiger partial charge in [-0.1, -0.05) is 37.3 Å². The largest absolute Gasteiger partial charge is 0.361 e. The molecule has 0 fully saturated rings. The molecule has 28 heavy (non-hydrogen) atoms. The number of pyridine rings is 1. The molecule has 1 N–H and O–H groups in total. The number of aryl methyl sites for hydroxylation is 1. The zero-order valence-corrected chi connectivity index (χ0v) is 15.9. The van der Waals surface area contributed by atoms with Gasteiger partial charge in [-0.3, -0.25) is 9.78 Å². The van der Waals surface area contributed by atoms with Crippen LogP contribution in [0.2, 0.25) is 0 Å². The summed E-state index contributed by atoms with van der Waals surface area (Å²) in [7, 11) is 0. The number of nitrogens with one attached hydrogen (secondary N) is 1. The van der Waals surface area contributed by atoms with Crippen LogP contribution in [0.1, 0.15) is 23.7 Å². The van der Waals surface area contributed by atoms with Crippen LogP contribution in [0.25, 0.3) is 11.5 Å². The molecule has 3 heterocycles. The van der Waals surface area contributed by atoms with Gasteiger partial charge in [-0.25, -0.2) is 9.97 Å². The van der Waals surface area contributed by atoms with Crippen molar-refractivity contribution in [1.82, 2.24) is 19.9 Å². The number of aromatic nitrogens is 3.